The lowest BCUT2D eigenvalue weighted by Crippen LogP contribution is -1.99. The second kappa shape index (κ2) is 6.38. The van der Waals surface area contributed by atoms with Crippen molar-refractivity contribution < 1.29 is 4.74 Å². The van der Waals surface area contributed by atoms with Gasteiger partial charge in [0.05, 0.1) is 15.7 Å². The zero-order chi connectivity index (χ0) is 14.7. The number of hydrogen-bond donors (Lipinski definition) is 1. The SMILES string of the molecule is CC(C)c1ccc(COc2cc(Cl)c(Cl)cc2N)cc1. The van der Waals surface area contributed by atoms with Crippen LogP contribution in [0.15, 0.2) is 36.4 Å². The molecule has 0 amide bonds. The number of rotatable bonds is 4. The van der Waals surface area contributed by atoms with Gasteiger partial charge in [0.2, 0.25) is 0 Å². The first-order valence-corrected chi connectivity index (χ1v) is 7.19. The molecule has 2 N–H and O–H groups in total. The number of nitrogen functional groups attached to an aromatic ring is 1. The predicted molar refractivity (Wildman–Crippen MR) is 85.7 cm³/mol. The van der Waals surface area contributed by atoms with Gasteiger partial charge in [0.25, 0.3) is 0 Å². The normalized spacial score (nSPS) is 10.8. The summed E-state index contributed by atoms with van der Waals surface area (Å²) in [5, 5.41) is 0.865. The van der Waals surface area contributed by atoms with Gasteiger partial charge in [0.15, 0.2) is 0 Å². The summed E-state index contributed by atoms with van der Waals surface area (Å²) in [5.74, 6) is 1.07. The van der Waals surface area contributed by atoms with Crippen LogP contribution in [0.25, 0.3) is 0 Å². The van der Waals surface area contributed by atoms with Gasteiger partial charge in [0, 0.05) is 6.07 Å². The van der Waals surface area contributed by atoms with Crippen molar-refractivity contribution in [3.05, 3.63) is 57.6 Å². The minimum Gasteiger partial charge on any atom is -0.487 e. The molecule has 0 radical (unpaired) electrons. The van der Waals surface area contributed by atoms with E-state index in [1.54, 1.807) is 12.1 Å². The van der Waals surface area contributed by atoms with Gasteiger partial charge in [-0.05, 0) is 23.1 Å². The second-order valence-electron chi connectivity index (χ2n) is 4.99. The maximum Gasteiger partial charge on any atom is 0.144 e. The van der Waals surface area contributed by atoms with E-state index >= 15 is 0 Å². The van der Waals surface area contributed by atoms with Gasteiger partial charge < -0.3 is 10.5 Å². The summed E-state index contributed by atoms with van der Waals surface area (Å²) in [4.78, 5) is 0. The number of anilines is 1. The minimum absolute atomic E-state index is 0.429. The number of benzene rings is 2. The highest BCUT2D eigenvalue weighted by molar-refractivity contribution is 6.42. The second-order valence-corrected chi connectivity index (χ2v) is 5.80. The molecular formula is C16H17Cl2NO. The molecule has 0 saturated heterocycles. The third kappa shape index (κ3) is 3.59. The third-order valence-electron chi connectivity index (χ3n) is 3.09. The van der Waals surface area contributed by atoms with Crippen molar-refractivity contribution in [1.29, 1.82) is 0 Å². The summed E-state index contributed by atoms with van der Waals surface area (Å²) >= 11 is 11.8. The van der Waals surface area contributed by atoms with E-state index in [9.17, 15) is 0 Å². The standard InChI is InChI=1S/C16H17Cl2NO/c1-10(2)12-5-3-11(4-6-12)9-20-16-8-14(18)13(17)7-15(16)19/h3-8,10H,9,19H2,1-2H3. The molecule has 0 unspecified atom stereocenters. The van der Waals surface area contributed by atoms with Crippen LogP contribution in [0, 0.1) is 0 Å². The fraction of sp³-hybridized carbons (Fsp3) is 0.250. The smallest absolute Gasteiger partial charge is 0.144 e. The zero-order valence-electron chi connectivity index (χ0n) is 11.5. The highest BCUT2D eigenvalue weighted by Gasteiger charge is 2.07. The number of hydrogen-bond acceptors (Lipinski definition) is 2. The van der Waals surface area contributed by atoms with Crippen LogP contribution in [0.4, 0.5) is 5.69 Å². The van der Waals surface area contributed by atoms with Crippen LogP contribution in [0.2, 0.25) is 10.0 Å². The average molecular weight is 310 g/mol. The molecule has 2 rings (SSSR count). The van der Waals surface area contributed by atoms with Crippen molar-refractivity contribution in [3.8, 4) is 5.75 Å². The zero-order valence-corrected chi connectivity index (χ0v) is 13.0. The van der Waals surface area contributed by atoms with Crippen LogP contribution in [-0.4, -0.2) is 0 Å². The van der Waals surface area contributed by atoms with Crippen molar-refractivity contribution in [2.24, 2.45) is 0 Å². The molecule has 0 fully saturated rings. The fourth-order valence-electron chi connectivity index (χ4n) is 1.83. The summed E-state index contributed by atoms with van der Waals surface area (Å²) in [7, 11) is 0. The molecule has 0 aliphatic heterocycles. The van der Waals surface area contributed by atoms with E-state index in [4.69, 9.17) is 33.7 Å². The Hall–Kier alpha value is -1.38. The first-order valence-electron chi connectivity index (χ1n) is 6.43. The molecule has 2 nitrogen and oxygen atoms in total. The summed E-state index contributed by atoms with van der Waals surface area (Å²) in [6, 6.07) is 11.6. The van der Waals surface area contributed by atoms with E-state index in [1.165, 1.54) is 5.56 Å². The lowest BCUT2D eigenvalue weighted by molar-refractivity contribution is 0.308. The number of nitrogens with two attached hydrogens (primary N) is 1. The number of halogens is 2. The Kier molecular flexibility index (Phi) is 4.79. The maximum absolute atomic E-state index is 5.96. The van der Waals surface area contributed by atoms with Crippen LogP contribution < -0.4 is 10.5 Å². The van der Waals surface area contributed by atoms with Crippen LogP contribution in [-0.2, 0) is 6.61 Å². The highest BCUT2D eigenvalue weighted by Crippen LogP contribution is 2.32. The van der Waals surface area contributed by atoms with Gasteiger partial charge in [-0.2, -0.15) is 0 Å². The van der Waals surface area contributed by atoms with Crippen molar-refractivity contribution in [2.75, 3.05) is 5.73 Å². The molecular weight excluding hydrogens is 293 g/mol. The Morgan fingerprint density at radius 1 is 1.05 bits per heavy atom. The molecule has 2 aromatic carbocycles. The van der Waals surface area contributed by atoms with Crippen molar-refractivity contribution in [2.45, 2.75) is 26.4 Å². The molecule has 0 aliphatic carbocycles. The Bertz CT molecular complexity index is 594. The highest BCUT2D eigenvalue weighted by atomic mass is 35.5. The average Bonchev–Trinajstić information content (AvgIpc) is 2.42. The van der Waals surface area contributed by atoms with Gasteiger partial charge in [0.1, 0.15) is 12.4 Å². The first-order chi connectivity index (χ1) is 9.47. The van der Waals surface area contributed by atoms with E-state index in [1.807, 2.05) is 0 Å². The monoisotopic (exact) mass is 309 g/mol. The molecule has 20 heavy (non-hydrogen) atoms. The molecule has 4 heteroatoms. The van der Waals surface area contributed by atoms with E-state index < -0.39 is 0 Å². The quantitative estimate of drug-likeness (QED) is 0.780. The predicted octanol–water partition coefficient (Wildman–Crippen LogP) is 5.28. The van der Waals surface area contributed by atoms with E-state index in [2.05, 4.69) is 38.1 Å². The summed E-state index contributed by atoms with van der Waals surface area (Å²) in [6.45, 7) is 4.78. The van der Waals surface area contributed by atoms with Crippen molar-refractivity contribution in [1.82, 2.24) is 0 Å². The van der Waals surface area contributed by atoms with Crippen LogP contribution in [0.5, 0.6) is 5.75 Å². The molecule has 106 valence electrons. The largest absolute Gasteiger partial charge is 0.487 e. The topological polar surface area (TPSA) is 35.2 Å². The fourth-order valence-corrected chi connectivity index (χ4v) is 2.15. The Morgan fingerprint density at radius 3 is 2.25 bits per heavy atom. The summed E-state index contributed by atoms with van der Waals surface area (Å²) in [5.41, 5.74) is 8.73. The van der Waals surface area contributed by atoms with E-state index in [0.29, 0.717) is 34.0 Å². The summed E-state index contributed by atoms with van der Waals surface area (Å²) in [6.07, 6.45) is 0. The molecule has 0 aromatic heterocycles. The van der Waals surface area contributed by atoms with Gasteiger partial charge in [-0.25, -0.2) is 0 Å². The molecule has 2 aromatic rings. The van der Waals surface area contributed by atoms with Crippen molar-refractivity contribution >= 4 is 28.9 Å². The van der Waals surface area contributed by atoms with Crippen molar-refractivity contribution in [3.63, 3.8) is 0 Å². The molecule has 0 spiro atoms. The molecule has 0 aliphatic rings. The van der Waals surface area contributed by atoms with Crippen LogP contribution in [0.3, 0.4) is 0 Å². The first kappa shape index (κ1) is 15.0. The molecule has 0 bridgehead atoms. The minimum atomic E-state index is 0.429. The van der Waals surface area contributed by atoms with Gasteiger partial charge in [-0.15, -0.1) is 0 Å². The van der Waals surface area contributed by atoms with Crippen LogP contribution >= 0.6 is 23.2 Å². The maximum atomic E-state index is 5.96. The number of ether oxygens (including phenoxy) is 1. The molecule has 0 atom stereocenters. The van der Waals surface area contributed by atoms with Crippen LogP contribution in [0.1, 0.15) is 30.9 Å². The Morgan fingerprint density at radius 2 is 1.65 bits per heavy atom. The molecule has 0 heterocycles. The lowest BCUT2D eigenvalue weighted by atomic mass is 10.0. The summed E-state index contributed by atoms with van der Waals surface area (Å²) < 4.78 is 5.69. The van der Waals surface area contributed by atoms with Gasteiger partial charge >= 0.3 is 0 Å². The van der Waals surface area contributed by atoms with Gasteiger partial charge in [-0.3, -0.25) is 0 Å². The lowest BCUT2D eigenvalue weighted by Gasteiger charge is -2.11. The van der Waals surface area contributed by atoms with Gasteiger partial charge in [-0.1, -0.05) is 61.3 Å². The Labute approximate surface area is 129 Å². The Balaban J connectivity index is 2.07. The molecule has 0 saturated carbocycles. The third-order valence-corrected chi connectivity index (χ3v) is 3.82. The van der Waals surface area contributed by atoms with E-state index in [-0.39, 0.29) is 0 Å². The van der Waals surface area contributed by atoms with E-state index in [0.717, 1.165) is 5.56 Å².